The predicted molar refractivity (Wildman–Crippen MR) is 107 cm³/mol. The van der Waals surface area contributed by atoms with Crippen LogP contribution in [0.25, 0.3) is 0 Å². The average Bonchev–Trinajstić information content (AvgIpc) is 2.52. The molecule has 0 aliphatic carbocycles. The lowest BCUT2D eigenvalue weighted by molar-refractivity contribution is -0.125. The minimum absolute atomic E-state index is 0.00119. The van der Waals surface area contributed by atoms with Gasteiger partial charge in [0.05, 0.1) is 6.61 Å². The van der Waals surface area contributed by atoms with Crippen LogP contribution in [0, 0.1) is 39.0 Å². The lowest BCUT2D eigenvalue weighted by atomic mass is 9.80. The van der Waals surface area contributed by atoms with Crippen molar-refractivity contribution in [3.63, 3.8) is 0 Å². The molecule has 0 saturated carbocycles. The van der Waals surface area contributed by atoms with Crippen LogP contribution < -0.4 is 4.74 Å². The normalized spacial score (nSPS) is 12.7. The second kappa shape index (κ2) is 8.24. The first kappa shape index (κ1) is 22.2. The molecule has 26 heavy (non-hydrogen) atoms. The first-order valence-electron chi connectivity index (χ1n) is 9.27. The second-order valence-corrected chi connectivity index (χ2v) is 8.46. The van der Waals surface area contributed by atoms with Gasteiger partial charge in [-0.05, 0) is 63.6 Å². The fourth-order valence-electron chi connectivity index (χ4n) is 3.38. The minimum Gasteiger partial charge on any atom is -0.493 e. The minimum atomic E-state index is -0.345. The smallest absolute Gasteiger partial charge is 0.254 e. The van der Waals surface area contributed by atoms with Gasteiger partial charge >= 0.3 is 0 Å². The van der Waals surface area contributed by atoms with Crippen molar-refractivity contribution in [1.29, 1.82) is 0 Å². The van der Waals surface area contributed by atoms with Crippen molar-refractivity contribution in [2.75, 3.05) is 20.7 Å². The van der Waals surface area contributed by atoms with Gasteiger partial charge in [-0.25, -0.2) is 0 Å². The highest BCUT2D eigenvalue weighted by Crippen LogP contribution is 2.34. The molecule has 1 atom stereocenters. The number of carbonyl (C=O) groups excluding carboxylic acids is 2. The summed E-state index contributed by atoms with van der Waals surface area (Å²) in [5.74, 6) is 1.23. The second-order valence-electron chi connectivity index (χ2n) is 8.46. The van der Waals surface area contributed by atoms with Gasteiger partial charge in [0.1, 0.15) is 11.5 Å². The summed E-state index contributed by atoms with van der Waals surface area (Å²) in [6.07, 6.45) is 0.773. The topological polar surface area (TPSA) is 46.6 Å². The molecule has 0 spiro atoms. The van der Waals surface area contributed by atoms with Crippen molar-refractivity contribution >= 4 is 11.7 Å². The lowest BCUT2D eigenvalue weighted by Gasteiger charge is -2.27. The standard InChI is InChI=1S/C22H35NO3/c1-13(11-22(7,8)18(6)24)12-26-20-16(4)14(2)15(3)19(17(20)5)21(25)23(9)10/h13H,11-12H2,1-10H3. The van der Waals surface area contributed by atoms with Crippen molar-refractivity contribution in [2.45, 2.75) is 61.8 Å². The maximum absolute atomic E-state index is 12.6. The van der Waals surface area contributed by atoms with Gasteiger partial charge in [-0.3, -0.25) is 9.59 Å². The quantitative estimate of drug-likeness (QED) is 0.710. The Balaban J connectivity index is 3.14. The molecule has 1 amide bonds. The molecule has 146 valence electrons. The van der Waals surface area contributed by atoms with Crippen molar-refractivity contribution < 1.29 is 14.3 Å². The number of nitrogens with zero attached hydrogens (tertiary/aromatic N) is 1. The molecule has 0 bridgehead atoms. The number of amides is 1. The summed E-state index contributed by atoms with van der Waals surface area (Å²) in [6.45, 7) is 16.2. The van der Waals surface area contributed by atoms with Crippen LogP contribution in [0.1, 0.15) is 66.7 Å². The lowest BCUT2D eigenvalue weighted by Crippen LogP contribution is -2.27. The summed E-state index contributed by atoms with van der Waals surface area (Å²) in [6, 6.07) is 0. The van der Waals surface area contributed by atoms with E-state index in [9.17, 15) is 9.59 Å². The summed E-state index contributed by atoms with van der Waals surface area (Å²) in [5, 5.41) is 0. The van der Waals surface area contributed by atoms with E-state index < -0.39 is 0 Å². The Morgan fingerprint density at radius 1 is 1.00 bits per heavy atom. The molecule has 4 heteroatoms. The van der Waals surface area contributed by atoms with Crippen molar-refractivity contribution in [3.8, 4) is 5.75 Å². The van der Waals surface area contributed by atoms with Gasteiger partial charge in [0, 0.05) is 30.6 Å². The number of ketones is 1. The number of hydrogen-bond acceptors (Lipinski definition) is 3. The fraction of sp³-hybridized carbons (Fsp3) is 0.636. The summed E-state index contributed by atoms with van der Waals surface area (Å²) < 4.78 is 6.18. The van der Waals surface area contributed by atoms with E-state index in [4.69, 9.17) is 4.74 Å². The van der Waals surface area contributed by atoms with E-state index in [1.54, 1.807) is 25.9 Å². The van der Waals surface area contributed by atoms with E-state index in [1.165, 1.54) is 0 Å². The average molecular weight is 362 g/mol. The molecule has 0 radical (unpaired) electrons. The Hall–Kier alpha value is -1.84. The molecule has 0 N–H and O–H groups in total. The number of ether oxygens (including phenoxy) is 1. The van der Waals surface area contributed by atoms with Crippen LogP contribution in [0.15, 0.2) is 0 Å². The van der Waals surface area contributed by atoms with E-state index in [0.29, 0.717) is 6.61 Å². The van der Waals surface area contributed by atoms with E-state index in [0.717, 1.165) is 40.0 Å². The summed E-state index contributed by atoms with van der Waals surface area (Å²) in [4.78, 5) is 26.0. The number of rotatable bonds is 7. The highest BCUT2D eigenvalue weighted by atomic mass is 16.5. The van der Waals surface area contributed by atoms with Crippen LogP contribution in [0.4, 0.5) is 0 Å². The van der Waals surface area contributed by atoms with Crippen molar-refractivity contribution in [1.82, 2.24) is 4.90 Å². The zero-order valence-electron chi connectivity index (χ0n) is 18.2. The number of hydrogen-bond donors (Lipinski definition) is 0. The number of benzene rings is 1. The predicted octanol–water partition coefficient (Wildman–Crippen LogP) is 4.64. The zero-order chi connectivity index (χ0) is 20.4. The summed E-state index contributed by atoms with van der Waals surface area (Å²) >= 11 is 0. The number of carbonyl (C=O) groups is 2. The third kappa shape index (κ3) is 4.66. The van der Waals surface area contributed by atoms with E-state index in [2.05, 4.69) is 6.92 Å². The first-order valence-corrected chi connectivity index (χ1v) is 9.27. The molecule has 1 rings (SSSR count). The Bertz CT molecular complexity index is 702. The molecule has 1 unspecified atom stereocenters. The number of Topliss-reactive ketones (excluding diaryl/α,β-unsaturated/α-hetero) is 1. The molecule has 0 aromatic heterocycles. The fourth-order valence-corrected chi connectivity index (χ4v) is 3.38. The molecule has 1 aromatic carbocycles. The summed E-state index contributed by atoms with van der Waals surface area (Å²) in [7, 11) is 3.53. The monoisotopic (exact) mass is 361 g/mol. The summed E-state index contributed by atoms with van der Waals surface area (Å²) in [5.41, 5.74) is 4.45. The Morgan fingerprint density at radius 3 is 2.00 bits per heavy atom. The highest BCUT2D eigenvalue weighted by Gasteiger charge is 2.27. The van der Waals surface area contributed by atoms with Crippen molar-refractivity contribution in [2.24, 2.45) is 11.3 Å². The van der Waals surface area contributed by atoms with E-state index in [1.807, 2.05) is 41.5 Å². The van der Waals surface area contributed by atoms with Crippen LogP contribution in [0.2, 0.25) is 0 Å². The van der Waals surface area contributed by atoms with Crippen LogP contribution in [-0.2, 0) is 4.79 Å². The third-order valence-corrected chi connectivity index (χ3v) is 5.50. The molecular formula is C22H35NO3. The van der Waals surface area contributed by atoms with Crippen LogP contribution in [0.5, 0.6) is 5.75 Å². The van der Waals surface area contributed by atoms with Gasteiger partial charge in [0.15, 0.2) is 0 Å². The van der Waals surface area contributed by atoms with Gasteiger partial charge in [0.25, 0.3) is 5.91 Å². The van der Waals surface area contributed by atoms with Crippen molar-refractivity contribution in [3.05, 3.63) is 27.8 Å². The molecule has 0 aliphatic heterocycles. The molecular weight excluding hydrogens is 326 g/mol. The highest BCUT2D eigenvalue weighted by molar-refractivity contribution is 5.98. The molecule has 0 heterocycles. The molecule has 0 saturated heterocycles. The van der Waals surface area contributed by atoms with Gasteiger partial charge in [-0.15, -0.1) is 0 Å². The molecule has 4 nitrogen and oxygen atoms in total. The maximum atomic E-state index is 12.6. The molecule has 0 fully saturated rings. The van der Waals surface area contributed by atoms with Crippen LogP contribution in [-0.4, -0.2) is 37.3 Å². The Morgan fingerprint density at radius 2 is 1.54 bits per heavy atom. The zero-order valence-corrected chi connectivity index (χ0v) is 18.2. The third-order valence-electron chi connectivity index (χ3n) is 5.50. The first-order chi connectivity index (χ1) is 11.8. The van der Waals surface area contributed by atoms with Gasteiger partial charge in [-0.1, -0.05) is 20.8 Å². The van der Waals surface area contributed by atoms with Crippen LogP contribution in [0.3, 0.4) is 0 Å². The van der Waals surface area contributed by atoms with Gasteiger partial charge < -0.3 is 9.64 Å². The van der Waals surface area contributed by atoms with E-state index >= 15 is 0 Å². The SMILES string of the molecule is CC(=O)C(C)(C)CC(C)COc1c(C)c(C)c(C)c(C(=O)N(C)C)c1C. The molecule has 0 aliphatic rings. The van der Waals surface area contributed by atoms with Gasteiger partial charge in [-0.2, -0.15) is 0 Å². The Kier molecular flexibility index (Phi) is 7.03. The van der Waals surface area contributed by atoms with Gasteiger partial charge in [0.2, 0.25) is 0 Å². The largest absolute Gasteiger partial charge is 0.493 e. The van der Waals surface area contributed by atoms with E-state index in [-0.39, 0.29) is 23.0 Å². The molecule has 1 aromatic rings. The Labute approximate surface area is 158 Å². The van der Waals surface area contributed by atoms with Crippen LogP contribution >= 0.6 is 0 Å². The maximum Gasteiger partial charge on any atom is 0.254 e.